The average molecular weight is 347 g/mol. The monoisotopic (exact) mass is 346 g/mol. The Kier molecular flexibility index (Phi) is 3.97. The quantitative estimate of drug-likeness (QED) is 0.727. The summed E-state index contributed by atoms with van der Waals surface area (Å²) >= 11 is 6.24. The maximum Gasteiger partial charge on any atom is 0.202 e. The number of fused-ring (bicyclic) bond motifs is 2. The lowest BCUT2D eigenvalue weighted by molar-refractivity contribution is 0.0973. The summed E-state index contributed by atoms with van der Waals surface area (Å²) in [5.41, 5.74) is 1.68. The molecule has 0 spiro atoms. The van der Waals surface area contributed by atoms with Crippen LogP contribution < -0.4 is 14.2 Å². The Balaban J connectivity index is 2.39. The number of ether oxygens (including phenoxy) is 3. The number of hydrogen-bond acceptors (Lipinski definition) is 5. The van der Waals surface area contributed by atoms with Gasteiger partial charge in [0.05, 0.1) is 32.5 Å². The highest BCUT2D eigenvalue weighted by molar-refractivity contribution is 6.37. The van der Waals surface area contributed by atoms with E-state index in [-0.39, 0.29) is 44.8 Å². The van der Waals surface area contributed by atoms with Crippen molar-refractivity contribution in [2.75, 3.05) is 21.3 Å². The summed E-state index contributed by atoms with van der Waals surface area (Å²) in [7, 11) is 4.28. The highest BCUT2D eigenvalue weighted by Crippen LogP contribution is 2.44. The second-order valence-corrected chi connectivity index (χ2v) is 5.77. The Morgan fingerprint density at radius 2 is 1.42 bits per heavy atom. The molecule has 0 unspecified atom stereocenters. The second-order valence-electron chi connectivity index (χ2n) is 5.40. The van der Waals surface area contributed by atoms with Crippen molar-refractivity contribution in [3.63, 3.8) is 0 Å². The van der Waals surface area contributed by atoms with E-state index in [0.29, 0.717) is 11.3 Å². The van der Waals surface area contributed by atoms with Crippen molar-refractivity contribution < 1.29 is 23.8 Å². The molecule has 0 aromatic heterocycles. The number of methoxy groups -OCH3 is 3. The second kappa shape index (κ2) is 5.83. The van der Waals surface area contributed by atoms with Gasteiger partial charge in [0.15, 0.2) is 11.5 Å². The van der Waals surface area contributed by atoms with Crippen molar-refractivity contribution in [3.05, 3.63) is 51.0 Å². The van der Waals surface area contributed by atoms with E-state index in [2.05, 4.69) is 0 Å². The topological polar surface area (TPSA) is 61.8 Å². The molecule has 2 aromatic carbocycles. The minimum absolute atomic E-state index is 0.123. The lowest BCUT2D eigenvalue weighted by Gasteiger charge is -2.23. The Morgan fingerprint density at radius 3 is 2.00 bits per heavy atom. The maximum absolute atomic E-state index is 13.1. The van der Waals surface area contributed by atoms with Crippen molar-refractivity contribution in [2.24, 2.45) is 0 Å². The summed E-state index contributed by atoms with van der Waals surface area (Å²) in [5.74, 6) is 0.0878. The third kappa shape index (κ3) is 2.16. The lowest BCUT2D eigenvalue weighted by Crippen LogP contribution is -2.23. The zero-order valence-electron chi connectivity index (χ0n) is 13.7. The number of carbonyl (C=O) groups excluding carboxylic acids is 2. The SMILES string of the molecule is COc1cc2c(c(OC)c1Cl)C(=O)c1c(OC)cc(C)cc1C2=O. The van der Waals surface area contributed by atoms with Gasteiger partial charge in [0.2, 0.25) is 5.78 Å². The Bertz CT molecular complexity index is 886. The third-order valence-corrected chi connectivity index (χ3v) is 4.38. The minimum atomic E-state index is -0.363. The Morgan fingerprint density at radius 1 is 0.792 bits per heavy atom. The van der Waals surface area contributed by atoms with Gasteiger partial charge in [-0.25, -0.2) is 0 Å². The van der Waals surface area contributed by atoms with Crippen LogP contribution in [0.1, 0.15) is 37.4 Å². The zero-order valence-corrected chi connectivity index (χ0v) is 14.4. The summed E-state index contributed by atoms with van der Waals surface area (Å²) in [6.45, 7) is 1.83. The van der Waals surface area contributed by atoms with Crippen LogP contribution in [0.25, 0.3) is 0 Å². The van der Waals surface area contributed by atoms with Crippen LogP contribution in [0, 0.1) is 6.92 Å². The molecule has 0 heterocycles. The van der Waals surface area contributed by atoms with Crippen LogP contribution in [-0.2, 0) is 0 Å². The minimum Gasteiger partial charge on any atom is -0.496 e. The van der Waals surface area contributed by atoms with Gasteiger partial charge in [-0.05, 0) is 30.7 Å². The van der Waals surface area contributed by atoms with Gasteiger partial charge in [0, 0.05) is 11.1 Å². The number of aryl methyl sites for hydroxylation is 1. The molecule has 124 valence electrons. The normalized spacial score (nSPS) is 12.5. The fourth-order valence-electron chi connectivity index (χ4n) is 2.95. The number of ketones is 2. The number of halogens is 1. The van der Waals surface area contributed by atoms with Crippen molar-refractivity contribution in [3.8, 4) is 17.2 Å². The fourth-order valence-corrected chi connectivity index (χ4v) is 3.26. The van der Waals surface area contributed by atoms with E-state index in [0.717, 1.165) is 5.56 Å². The van der Waals surface area contributed by atoms with Gasteiger partial charge in [-0.3, -0.25) is 9.59 Å². The van der Waals surface area contributed by atoms with Crippen LogP contribution in [0.4, 0.5) is 0 Å². The summed E-state index contributed by atoms with van der Waals surface area (Å²) in [4.78, 5) is 26.0. The van der Waals surface area contributed by atoms with E-state index in [9.17, 15) is 9.59 Å². The molecule has 3 rings (SSSR count). The first kappa shape index (κ1) is 16.3. The molecule has 0 amide bonds. The van der Waals surface area contributed by atoms with Crippen molar-refractivity contribution >= 4 is 23.2 Å². The predicted octanol–water partition coefficient (Wildman–Crippen LogP) is 3.45. The molecule has 0 N–H and O–H groups in total. The largest absolute Gasteiger partial charge is 0.496 e. The van der Waals surface area contributed by atoms with Crippen molar-refractivity contribution in [1.29, 1.82) is 0 Å². The summed E-state index contributed by atoms with van der Waals surface area (Å²) < 4.78 is 15.8. The highest BCUT2D eigenvalue weighted by Gasteiger charge is 2.37. The van der Waals surface area contributed by atoms with Gasteiger partial charge >= 0.3 is 0 Å². The molecule has 2 aromatic rings. The molecule has 5 nitrogen and oxygen atoms in total. The van der Waals surface area contributed by atoms with E-state index in [1.807, 2.05) is 6.92 Å². The lowest BCUT2D eigenvalue weighted by atomic mass is 9.82. The van der Waals surface area contributed by atoms with Gasteiger partial charge in [-0.1, -0.05) is 11.6 Å². The van der Waals surface area contributed by atoms with E-state index in [1.165, 1.54) is 27.4 Å². The molecule has 0 fully saturated rings. The first-order valence-electron chi connectivity index (χ1n) is 7.17. The van der Waals surface area contributed by atoms with Crippen molar-refractivity contribution in [2.45, 2.75) is 6.92 Å². The van der Waals surface area contributed by atoms with Crippen LogP contribution in [0.5, 0.6) is 17.2 Å². The van der Waals surface area contributed by atoms with E-state index < -0.39 is 0 Å². The predicted molar refractivity (Wildman–Crippen MR) is 89.2 cm³/mol. The smallest absolute Gasteiger partial charge is 0.202 e. The molecule has 0 atom stereocenters. The van der Waals surface area contributed by atoms with Crippen LogP contribution in [-0.4, -0.2) is 32.9 Å². The number of benzene rings is 2. The highest BCUT2D eigenvalue weighted by atomic mass is 35.5. The van der Waals surface area contributed by atoms with Crippen LogP contribution >= 0.6 is 11.6 Å². The Hall–Kier alpha value is -2.53. The molecule has 0 saturated heterocycles. The molecule has 0 aliphatic heterocycles. The first-order chi connectivity index (χ1) is 11.4. The number of hydrogen-bond donors (Lipinski definition) is 0. The first-order valence-corrected chi connectivity index (χ1v) is 7.54. The van der Waals surface area contributed by atoms with Crippen LogP contribution in [0.2, 0.25) is 5.02 Å². The molecule has 0 radical (unpaired) electrons. The third-order valence-electron chi connectivity index (χ3n) is 4.02. The van der Waals surface area contributed by atoms with Gasteiger partial charge in [0.25, 0.3) is 0 Å². The maximum atomic E-state index is 13.1. The molecule has 1 aliphatic carbocycles. The van der Waals surface area contributed by atoms with E-state index in [4.69, 9.17) is 25.8 Å². The molecule has 24 heavy (non-hydrogen) atoms. The summed E-state index contributed by atoms with van der Waals surface area (Å²) in [5, 5.41) is 0.148. The zero-order chi connectivity index (χ0) is 17.6. The summed E-state index contributed by atoms with van der Waals surface area (Å²) in [6, 6.07) is 4.86. The fraction of sp³-hybridized carbons (Fsp3) is 0.222. The molecule has 6 heteroatoms. The molecular formula is C18H15ClO5. The van der Waals surface area contributed by atoms with E-state index >= 15 is 0 Å². The van der Waals surface area contributed by atoms with E-state index in [1.54, 1.807) is 12.1 Å². The molecular weight excluding hydrogens is 332 g/mol. The molecule has 0 bridgehead atoms. The van der Waals surface area contributed by atoms with Crippen molar-refractivity contribution in [1.82, 2.24) is 0 Å². The van der Waals surface area contributed by atoms with Gasteiger partial charge in [-0.15, -0.1) is 0 Å². The van der Waals surface area contributed by atoms with Crippen LogP contribution in [0.15, 0.2) is 18.2 Å². The molecule has 1 aliphatic rings. The molecule has 0 saturated carbocycles. The van der Waals surface area contributed by atoms with Crippen LogP contribution in [0.3, 0.4) is 0 Å². The van der Waals surface area contributed by atoms with Gasteiger partial charge < -0.3 is 14.2 Å². The Labute approximate surface area is 144 Å². The summed E-state index contributed by atoms with van der Waals surface area (Å²) in [6.07, 6.45) is 0. The average Bonchev–Trinajstić information content (AvgIpc) is 2.58. The standard InChI is InChI=1S/C18H15ClO5/c1-8-5-9-13(11(6-8)22-2)17(21)14-10(16(9)20)7-12(23-3)15(19)18(14)24-4/h5-7H,1-4H3. The number of carbonyl (C=O) groups is 2. The van der Waals surface area contributed by atoms with Gasteiger partial charge in [-0.2, -0.15) is 0 Å². The van der Waals surface area contributed by atoms with Gasteiger partial charge in [0.1, 0.15) is 16.5 Å². The number of rotatable bonds is 3.